The third-order valence-electron chi connectivity index (χ3n) is 6.24. The number of hydrogen-bond acceptors (Lipinski definition) is 4. The number of benzene rings is 1. The van der Waals surface area contributed by atoms with E-state index in [9.17, 15) is 14.4 Å². The Hall–Kier alpha value is -2.63. The lowest BCUT2D eigenvalue weighted by Crippen LogP contribution is -2.49. The number of hydrogen-bond donors (Lipinski definition) is 0. The van der Waals surface area contributed by atoms with Gasteiger partial charge in [-0.15, -0.1) is 0 Å². The van der Waals surface area contributed by atoms with Crippen LogP contribution >= 0.6 is 0 Å². The van der Waals surface area contributed by atoms with Crippen molar-refractivity contribution in [3.63, 3.8) is 0 Å². The zero-order valence-corrected chi connectivity index (χ0v) is 16.3. The molecule has 2 fully saturated rings. The molecule has 2 heterocycles. The number of allylic oxidation sites excluding steroid dienone is 2. The van der Waals surface area contributed by atoms with Crippen LogP contribution in [0.4, 0.5) is 5.69 Å². The van der Waals surface area contributed by atoms with Crippen LogP contribution < -0.4 is 4.90 Å². The Morgan fingerprint density at radius 1 is 0.964 bits per heavy atom. The van der Waals surface area contributed by atoms with Crippen LogP contribution in [0.3, 0.4) is 0 Å². The van der Waals surface area contributed by atoms with Crippen molar-refractivity contribution in [2.24, 2.45) is 11.8 Å². The molecule has 1 aromatic rings. The van der Waals surface area contributed by atoms with Gasteiger partial charge in [0.15, 0.2) is 0 Å². The molecule has 1 aromatic carbocycles. The van der Waals surface area contributed by atoms with E-state index in [1.54, 1.807) is 0 Å². The molecule has 1 aliphatic carbocycles. The molecule has 3 aliphatic rings. The summed E-state index contributed by atoms with van der Waals surface area (Å²) in [5, 5.41) is 0. The van der Waals surface area contributed by atoms with Crippen molar-refractivity contribution in [2.45, 2.75) is 26.2 Å². The van der Waals surface area contributed by atoms with Crippen molar-refractivity contribution in [1.29, 1.82) is 0 Å². The first-order valence-electron chi connectivity index (χ1n) is 10.1. The van der Waals surface area contributed by atoms with E-state index in [1.165, 1.54) is 16.2 Å². The van der Waals surface area contributed by atoms with Crippen LogP contribution in [0, 0.1) is 18.8 Å². The highest BCUT2D eigenvalue weighted by atomic mass is 16.2. The van der Waals surface area contributed by atoms with Crippen molar-refractivity contribution in [2.75, 3.05) is 37.6 Å². The molecule has 148 valence electrons. The summed E-state index contributed by atoms with van der Waals surface area (Å²) in [5.74, 6) is -0.610. The Morgan fingerprint density at radius 2 is 1.57 bits per heavy atom. The Balaban J connectivity index is 1.29. The van der Waals surface area contributed by atoms with Gasteiger partial charge in [-0.05, 0) is 31.4 Å². The minimum Gasteiger partial charge on any atom is -0.368 e. The number of para-hydroxylation sites is 1. The van der Waals surface area contributed by atoms with Gasteiger partial charge in [-0.3, -0.25) is 19.3 Å². The van der Waals surface area contributed by atoms with Crippen molar-refractivity contribution in [3.05, 3.63) is 42.0 Å². The predicted molar refractivity (Wildman–Crippen MR) is 107 cm³/mol. The predicted octanol–water partition coefficient (Wildman–Crippen LogP) is 1.98. The molecule has 2 atom stereocenters. The molecule has 3 amide bonds. The standard InChI is InChI=1S/C22H27N3O3/c1-16-6-2-5-9-19(16)23-12-14-24(15-13-23)20(26)10-11-25-21(27)17-7-3-4-8-18(17)22(25)28/h2-6,9,17-18H,7-8,10-15H2,1H3/t17-,18-/m0/s1. The number of nitrogens with zero attached hydrogens (tertiary/aromatic N) is 3. The highest BCUT2D eigenvalue weighted by molar-refractivity contribution is 6.05. The van der Waals surface area contributed by atoms with Crippen LogP contribution in [-0.4, -0.2) is 60.2 Å². The largest absolute Gasteiger partial charge is 0.368 e. The van der Waals surface area contributed by atoms with Gasteiger partial charge in [0.1, 0.15) is 0 Å². The van der Waals surface area contributed by atoms with E-state index in [1.807, 2.05) is 29.2 Å². The first-order valence-corrected chi connectivity index (χ1v) is 10.1. The van der Waals surface area contributed by atoms with Gasteiger partial charge in [0.05, 0.1) is 11.8 Å². The fourth-order valence-corrected chi connectivity index (χ4v) is 4.57. The van der Waals surface area contributed by atoms with E-state index >= 15 is 0 Å². The Labute approximate surface area is 165 Å². The van der Waals surface area contributed by atoms with Gasteiger partial charge >= 0.3 is 0 Å². The molecule has 0 N–H and O–H groups in total. The molecule has 6 nitrogen and oxygen atoms in total. The highest BCUT2D eigenvalue weighted by Gasteiger charge is 2.47. The van der Waals surface area contributed by atoms with Gasteiger partial charge in [-0.25, -0.2) is 0 Å². The molecule has 28 heavy (non-hydrogen) atoms. The number of amides is 3. The number of carbonyl (C=O) groups excluding carboxylic acids is 3. The van der Waals surface area contributed by atoms with Gasteiger partial charge < -0.3 is 9.80 Å². The quantitative estimate of drug-likeness (QED) is 0.591. The third-order valence-corrected chi connectivity index (χ3v) is 6.24. The first kappa shape index (κ1) is 18.7. The minimum absolute atomic E-state index is 0.0260. The zero-order valence-electron chi connectivity index (χ0n) is 16.3. The maximum absolute atomic E-state index is 12.6. The zero-order chi connectivity index (χ0) is 19.7. The summed E-state index contributed by atoms with van der Waals surface area (Å²) < 4.78 is 0. The summed E-state index contributed by atoms with van der Waals surface area (Å²) in [6.07, 6.45) is 5.46. The van der Waals surface area contributed by atoms with Crippen LogP contribution in [0.5, 0.6) is 0 Å². The van der Waals surface area contributed by atoms with E-state index in [0.29, 0.717) is 25.9 Å². The summed E-state index contributed by atoms with van der Waals surface area (Å²) in [6, 6.07) is 8.29. The normalized spacial score (nSPS) is 24.7. The topological polar surface area (TPSA) is 60.9 Å². The molecule has 6 heteroatoms. The highest BCUT2D eigenvalue weighted by Crippen LogP contribution is 2.35. The van der Waals surface area contributed by atoms with Crippen molar-refractivity contribution < 1.29 is 14.4 Å². The summed E-state index contributed by atoms with van der Waals surface area (Å²) in [5.41, 5.74) is 2.46. The molecule has 2 aliphatic heterocycles. The van der Waals surface area contributed by atoms with E-state index in [4.69, 9.17) is 0 Å². The van der Waals surface area contributed by atoms with Gasteiger partial charge in [0.25, 0.3) is 0 Å². The van der Waals surface area contributed by atoms with Crippen molar-refractivity contribution in [3.8, 4) is 0 Å². The van der Waals surface area contributed by atoms with Gasteiger partial charge in [0.2, 0.25) is 17.7 Å². The molecule has 0 spiro atoms. The minimum atomic E-state index is -0.217. The van der Waals surface area contributed by atoms with Gasteiger partial charge in [0, 0.05) is 44.8 Å². The molecule has 0 aromatic heterocycles. The molecular formula is C22H27N3O3. The number of likely N-dealkylation sites (tertiary alicyclic amines) is 1. The first-order chi connectivity index (χ1) is 13.6. The number of anilines is 1. The third kappa shape index (κ3) is 3.43. The summed E-state index contributed by atoms with van der Waals surface area (Å²) in [6.45, 7) is 5.25. The van der Waals surface area contributed by atoms with Crippen LogP contribution in [0.25, 0.3) is 0 Å². The van der Waals surface area contributed by atoms with Crippen LogP contribution in [0.1, 0.15) is 24.8 Å². The second-order valence-electron chi connectivity index (χ2n) is 7.89. The number of rotatable bonds is 4. The summed E-state index contributed by atoms with van der Waals surface area (Å²) >= 11 is 0. The number of aryl methyl sites for hydroxylation is 1. The lowest BCUT2D eigenvalue weighted by atomic mass is 9.85. The lowest BCUT2D eigenvalue weighted by Gasteiger charge is -2.37. The van der Waals surface area contributed by atoms with Crippen molar-refractivity contribution in [1.82, 2.24) is 9.80 Å². The van der Waals surface area contributed by atoms with Crippen LogP contribution in [0.15, 0.2) is 36.4 Å². The van der Waals surface area contributed by atoms with E-state index in [0.717, 1.165) is 13.1 Å². The SMILES string of the molecule is Cc1ccccc1N1CCN(C(=O)CCN2C(=O)[C@H]3CC=CC[C@@H]3C2=O)CC1. The molecule has 0 radical (unpaired) electrons. The summed E-state index contributed by atoms with van der Waals surface area (Å²) in [4.78, 5) is 43.1. The van der Waals surface area contributed by atoms with E-state index < -0.39 is 0 Å². The fraction of sp³-hybridized carbons (Fsp3) is 0.500. The number of carbonyl (C=O) groups is 3. The smallest absolute Gasteiger partial charge is 0.233 e. The molecule has 0 unspecified atom stereocenters. The molecule has 4 rings (SSSR count). The average molecular weight is 381 g/mol. The molecule has 2 saturated heterocycles. The van der Waals surface area contributed by atoms with Gasteiger partial charge in [-0.2, -0.15) is 0 Å². The maximum Gasteiger partial charge on any atom is 0.233 e. The number of fused-ring (bicyclic) bond motifs is 1. The van der Waals surface area contributed by atoms with E-state index in [-0.39, 0.29) is 42.5 Å². The Kier molecular flexibility index (Phi) is 5.20. The average Bonchev–Trinajstić information content (AvgIpc) is 2.97. The molecule has 0 bridgehead atoms. The van der Waals surface area contributed by atoms with Gasteiger partial charge in [-0.1, -0.05) is 30.4 Å². The second-order valence-corrected chi connectivity index (χ2v) is 7.89. The fourth-order valence-electron chi connectivity index (χ4n) is 4.57. The Morgan fingerprint density at radius 3 is 2.18 bits per heavy atom. The monoisotopic (exact) mass is 381 g/mol. The lowest BCUT2D eigenvalue weighted by molar-refractivity contribution is -0.140. The maximum atomic E-state index is 12.6. The Bertz CT molecular complexity index is 785. The van der Waals surface area contributed by atoms with Crippen LogP contribution in [0.2, 0.25) is 0 Å². The molecular weight excluding hydrogens is 354 g/mol. The van der Waals surface area contributed by atoms with Crippen LogP contribution in [-0.2, 0) is 14.4 Å². The summed E-state index contributed by atoms with van der Waals surface area (Å²) in [7, 11) is 0. The second kappa shape index (κ2) is 7.78. The molecule has 0 saturated carbocycles. The van der Waals surface area contributed by atoms with E-state index in [2.05, 4.69) is 24.0 Å². The van der Waals surface area contributed by atoms with Crippen molar-refractivity contribution >= 4 is 23.4 Å². The number of piperazine rings is 1. The number of imide groups is 1.